The number of benzene rings is 2. The molecule has 0 aliphatic heterocycles. The van der Waals surface area contributed by atoms with E-state index in [0.29, 0.717) is 5.69 Å². The minimum atomic E-state index is -3.62. The highest BCUT2D eigenvalue weighted by Gasteiger charge is 2.17. The molecule has 0 spiro atoms. The molecule has 2 aromatic carbocycles. The normalized spacial score (nSPS) is 11.3. The first-order valence-electron chi connectivity index (χ1n) is 4.90. The number of phenols is 1. The van der Waals surface area contributed by atoms with Crippen molar-refractivity contribution in [2.45, 2.75) is 9.79 Å². The Kier molecular flexibility index (Phi) is 2.77. The van der Waals surface area contributed by atoms with Gasteiger partial charge in [-0.1, -0.05) is 12.1 Å². The van der Waals surface area contributed by atoms with Crippen LogP contribution < -0.4 is 5.73 Å². The molecule has 0 fully saturated rings. The smallest absolute Gasteiger partial charge is 0.206 e. The third kappa shape index (κ3) is 2.24. The molecule has 0 saturated heterocycles. The second kappa shape index (κ2) is 4.10. The van der Waals surface area contributed by atoms with Gasteiger partial charge in [0.2, 0.25) is 9.84 Å². The van der Waals surface area contributed by atoms with E-state index in [1.54, 1.807) is 12.1 Å². The highest BCUT2D eigenvalue weighted by atomic mass is 32.2. The van der Waals surface area contributed by atoms with E-state index in [1.165, 1.54) is 36.4 Å². The van der Waals surface area contributed by atoms with Crippen LogP contribution in [0.15, 0.2) is 58.3 Å². The summed E-state index contributed by atoms with van der Waals surface area (Å²) >= 11 is 0. The average Bonchev–Trinajstić information content (AvgIpc) is 2.29. The van der Waals surface area contributed by atoms with Gasteiger partial charge in [0.1, 0.15) is 5.75 Å². The lowest BCUT2D eigenvalue weighted by molar-refractivity contribution is 0.473. The molecular formula is C12H11NO3S. The molecule has 88 valence electrons. The minimum absolute atomic E-state index is 0.0445. The molecule has 0 amide bonds. The topological polar surface area (TPSA) is 80.4 Å². The van der Waals surface area contributed by atoms with E-state index < -0.39 is 9.84 Å². The molecule has 5 heteroatoms. The van der Waals surface area contributed by atoms with Crippen LogP contribution in [-0.4, -0.2) is 13.5 Å². The number of sulfone groups is 1. The zero-order valence-electron chi connectivity index (χ0n) is 8.87. The van der Waals surface area contributed by atoms with Crippen LogP contribution in [0.2, 0.25) is 0 Å². The minimum Gasteiger partial charge on any atom is -0.508 e. The molecule has 0 saturated carbocycles. The molecule has 0 aromatic heterocycles. The highest BCUT2D eigenvalue weighted by molar-refractivity contribution is 7.91. The van der Waals surface area contributed by atoms with Crippen molar-refractivity contribution in [2.75, 3.05) is 5.73 Å². The Morgan fingerprint density at radius 1 is 0.941 bits per heavy atom. The molecule has 0 aliphatic rings. The van der Waals surface area contributed by atoms with E-state index in [0.717, 1.165) is 0 Å². The van der Waals surface area contributed by atoms with E-state index in [-0.39, 0.29) is 15.5 Å². The van der Waals surface area contributed by atoms with Gasteiger partial charge in [-0.25, -0.2) is 8.42 Å². The third-order valence-corrected chi connectivity index (χ3v) is 4.05. The number of nitrogen functional groups attached to an aromatic ring is 1. The zero-order chi connectivity index (χ0) is 12.5. The summed E-state index contributed by atoms with van der Waals surface area (Å²) in [5.74, 6) is -0.0880. The number of hydrogen-bond acceptors (Lipinski definition) is 4. The second-order valence-electron chi connectivity index (χ2n) is 3.57. The SMILES string of the molecule is Nc1cccc(S(=O)(=O)c2cccc(O)c2)c1. The maximum absolute atomic E-state index is 12.2. The fourth-order valence-electron chi connectivity index (χ4n) is 1.47. The van der Waals surface area contributed by atoms with E-state index in [4.69, 9.17) is 5.73 Å². The Bertz CT molecular complexity index is 599. The lowest BCUT2D eigenvalue weighted by Crippen LogP contribution is -2.02. The number of nitrogens with two attached hydrogens (primary N) is 1. The number of aromatic hydroxyl groups is 1. The summed E-state index contributed by atoms with van der Waals surface area (Å²) < 4.78 is 24.3. The van der Waals surface area contributed by atoms with Crippen LogP contribution in [0.3, 0.4) is 0 Å². The Morgan fingerprint density at radius 2 is 1.53 bits per heavy atom. The van der Waals surface area contributed by atoms with Crippen molar-refractivity contribution in [3.8, 4) is 5.75 Å². The van der Waals surface area contributed by atoms with Gasteiger partial charge in [0, 0.05) is 5.69 Å². The molecule has 3 N–H and O–H groups in total. The summed E-state index contributed by atoms with van der Waals surface area (Å²) in [6.45, 7) is 0. The fourth-order valence-corrected chi connectivity index (χ4v) is 2.82. The Balaban J connectivity index is 2.58. The summed E-state index contributed by atoms with van der Waals surface area (Å²) in [5.41, 5.74) is 5.93. The van der Waals surface area contributed by atoms with Gasteiger partial charge in [-0.2, -0.15) is 0 Å². The summed E-state index contributed by atoms with van der Waals surface area (Å²) in [6.07, 6.45) is 0. The van der Waals surface area contributed by atoms with Crippen LogP contribution in [-0.2, 0) is 9.84 Å². The van der Waals surface area contributed by atoms with Gasteiger partial charge in [0.05, 0.1) is 9.79 Å². The summed E-state index contributed by atoms with van der Waals surface area (Å²) in [4.78, 5) is 0.159. The molecular weight excluding hydrogens is 238 g/mol. The van der Waals surface area contributed by atoms with Gasteiger partial charge in [-0.3, -0.25) is 0 Å². The van der Waals surface area contributed by atoms with Gasteiger partial charge in [-0.15, -0.1) is 0 Å². The maximum atomic E-state index is 12.2. The van der Waals surface area contributed by atoms with Crippen LogP contribution in [0.25, 0.3) is 0 Å². The van der Waals surface area contributed by atoms with Crippen molar-refractivity contribution in [1.29, 1.82) is 0 Å². The summed E-state index contributed by atoms with van der Waals surface area (Å²) in [5, 5.41) is 9.29. The number of rotatable bonds is 2. The van der Waals surface area contributed by atoms with Crippen molar-refractivity contribution < 1.29 is 13.5 Å². The number of anilines is 1. The first-order chi connectivity index (χ1) is 8.00. The molecule has 4 nitrogen and oxygen atoms in total. The Hall–Kier alpha value is -2.01. The van der Waals surface area contributed by atoms with Crippen molar-refractivity contribution in [1.82, 2.24) is 0 Å². The molecule has 2 rings (SSSR count). The van der Waals surface area contributed by atoms with Gasteiger partial charge in [0.15, 0.2) is 0 Å². The largest absolute Gasteiger partial charge is 0.508 e. The monoisotopic (exact) mass is 249 g/mol. The van der Waals surface area contributed by atoms with E-state index in [2.05, 4.69) is 0 Å². The molecule has 0 bridgehead atoms. The highest BCUT2D eigenvalue weighted by Crippen LogP contribution is 2.24. The van der Waals surface area contributed by atoms with E-state index >= 15 is 0 Å². The molecule has 17 heavy (non-hydrogen) atoms. The average molecular weight is 249 g/mol. The van der Waals surface area contributed by atoms with Gasteiger partial charge in [0.25, 0.3) is 0 Å². The summed E-state index contributed by atoms with van der Waals surface area (Å²) in [6, 6.07) is 11.6. The zero-order valence-corrected chi connectivity index (χ0v) is 9.68. The lowest BCUT2D eigenvalue weighted by atomic mass is 10.3. The standard InChI is InChI=1S/C12H11NO3S/c13-9-3-1-5-11(7-9)17(15,16)12-6-2-4-10(14)8-12/h1-8,14H,13H2. The lowest BCUT2D eigenvalue weighted by Gasteiger charge is -2.05. The quantitative estimate of drug-likeness (QED) is 0.795. The first kappa shape index (κ1) is 11.5. The molecule has 2 aromatic rings. The van der Waals surface area contributed by atoms with Crippen molar-refractivity contribution >= 4 is 15.5 Å². The van der Waals surface area contributed by atoms with Gasteiger partial charge in [-0.05, 0) is 36.4 Å². The van der Waals surface area contributed by atoms with Crippen LogP contribution in [0.5, 0.6) is 5.75 Å². The van der Waals surface area contributed by atoms with Crippen LogP contribution in [0, 0.1) is 0 Å². The van der Waals surface area contributed by atoms with Crippen LogP contribution in [0.4, 0.5) is 5.69 Å². The van der Waals surface area contributed by atoms with Gasteiger partial charge < -0.3 is 10.8 Å². The Morgan fingerprint density at radius 3 is 2.12 bits per heavy atom. The van der Waals surface area contributed by atoms with Crippen LogP contribution >= 0.6 is 0 Å². The maximum Gasteiger partial charge on any atom is 0.206 e. The molecule has 0 unspecified atom stereocenters. The predicted octanol–water partition coefficient (Wildman–Crippen LogP) is 1.81. The van der Waals surface area contributed by atoms with Crippen molar-refractivity contribution in [3.63, 3.8) is 0 Å². The molecule has 0 aliphatic carbocycles. The van der Waals surface area contributed by atoms with E-state index in [1.807, 2.05) is 0 Å². The van der Waals surface area contributed by atoms with Crippen molar-refractivity contribution in [3.05, 3.63) is 48.5 Å². The molecule has 0 heterocycles. The first-order valence-corrected chi connectivity index (χ1v) is 6.38. The van der Waals surface area contributed by atoms with Crippen LogP contribution in [0.1, 0.15) is 0 Å². The van der Waals surface area contributed by atoms with Gasteiger partial charge >= 0.3 is 0 Å². The number of phenolic OH excluding ortho intramolecular Hbond substituents is 1. The fraction of sp³-hybridized carbons (Fsp3) is 0. The Labute approximate surface area is 99.2 Å². The van der Waals surface area contributed by atoms with E-state index in [9.17, 15) is 13.5 Å². The molecule has 0 radical (unpaired) electrons. The predicted molar refractivity (Wildman–Crippen MR) is 64.4 cm³/mol. The number of hydrogen-bond donors (Lipinski definition) is 2. The molecule has 0 atom stereocenters. The second-order valence-corrected chi connectivity index (χ2v) is 5.52. The summed E-state index contributed by atoms with van der Waals surface area (Å²) in [7, 11) is -3.62. The third-order valence-electron chi connectivity index (χ3n) is 2.30. The van der Waals surface area contributed by atoms with Crippen molar-refractivity contribution in [2.24, 2.45) is 0 Å².